The van der Waals surface area contributed by atoms with Crippen LogP contribution in [0.2, 0.25) is 0 Å². The summed E-state index contributed by atoms with van der Waals surface area (Å²) in [5, 5.41) is 6.88. The first-order valence-corrected chi connectivity index (χ1v) is 6.19. The second-order valence-corrected chi connectivity index (χ2v) is 5.36. The summed E-state index contributed by atoms with van der Waals surface area (Å²) in [5.74, 6) is 0.991. The van der Waals surface area contributed by atoms with Gasteiger partial charge in [-0.1, -0.05) is 19.8 Å². The molecule has 2 rings (SSSR count). The van der Waals surface area contributed by atoms with Crippen LogP contribution in [0.25, 0.3) is 0 Å². The Hall–Kier alpha value is 0. The topological polar surface area (TPSA) is 36.4 Å². The summed E-state index contributed by atoms with van der Waals surface area (Å²) < 4.78 is 0. The minimum absolute atomic E-state index is 0. The Morgan fingerprint density at radius 2 is 1.94 bits per heavy atom. The third kappa shape index (κ3) is 4.11. The van der Waals surface area contributed by atoms with E-state index in [0.717, 1.165) is 12.5 Å². The van der Waals surface area contributed by atoms with Crippen LogP contribution >= 0.6 is 24.0 Å². The predicted molar refractivity (Wildman–Crippen MR) is 79.5 cm³/mol. The van der Waals surface area contributed by atoms with Crippen molar-refractivity contribution < 1.29 is 0 Å². The van der Waals surface area contributed by atoms with E-state index in [9.17, 15) is 0 Å². The molecule has 0 spiro atoms. The van der Waals surface area contributed by atoms with Crippen molar-refractivity contribution in [3.8, 4) is 0 Å². The van der Waals surface area contributed by atoms with Gasteiger partial charge in [-0.05, 0) is 31.1 Å². The minimum Gasteiger partial charge on any atom is -0.356 e. The molecule has 0 aliphatic heterocycles. The van der Waals surface area contributed by atoms with Crippen LogP contribution in [0.3, 0.4) is 0 Å². The Kier molecular flexibility index (Phi) is 5.34. The number of halogens is 1. The van der Waals surface area contributed by atoms with Crippen molar-refractivity contribution in [2.45, 2.75) is 51.5 Å². The van der Waals surface area contributed by atoms with Crippen molar-refractivity contribution in [2.24, 2.45) is 10.4 Å². The highest BCUT2D eigenvalue weighted by molar-refractivity contribution is 14.0. The molecule has 0 bridgehead atoms. The van der Waals surface area contributed by atoms with Crippen molar-refractivity contribution in [3.05, 3.63) is 0 Å². The zero-order chi connectivity index (χ0) is 10.7. The molecule has 0 atom stereocenters. The molecule has 0 aromatic heterocycles. The minimum atomic E-state index is 0. The van der Waals surface area contributed by atoms with Gasteiger partial charge in [-0.2, -0.15) is 0 Å². The Bertz CT molecular complexity index is 243. The molecule has 94 valence electrons. The summed E-state index contributed by atoms with van der Waals surface area (Å²) in [6.07, 6.45) is 8.12. The predicted octanol–water partition coefficient (Wildman–Crippen LogP) is 2.51. The molecule has 0 radical (unpaired) electrons. The summed E-state index contributed by atoms with van der Waals surface area (Å²) in [4.78, 5) is 4.25. The van der Waals surface area contributed by atoms with Crippen LogP contribution in [0.4, 0.5) is 0 Å². The molecule has 16 heavy (non-hydrogen) atoms. The number of nitrogens with zero attached hydrogens (tertiary/aromatic N) is 1. The fourth-order valence-electron chi connectivity index (χ4n) is 2.32. The van der Waals surface area contributed by atoms with E-state index in [4.69, 9.17) is 0 Å². The zero-order valence-corrected chi connectivity index (χ0v) is 12.7. The van der Waals surface area contributed by atoms with E-state index in [0.29, 0.717) is 11.5 Å². The maximum atomic E-state index is 4.25. The average molecular weight is 337 g/mol. The average Bonchev–Trinajstić information content (AvgIpc) is 2.95. The van der Waals surface area contributed by atoms with Gasteiger partial charge in [0.25, 0.3) is 0 Å². The monoisotopic (exact) mass is 337 g/mol. The zero-order valence-electron chi connectivity index (χ0n) is 10.4. The molecule has 0 amide bonds. The fraction of sp³-hybridized carbons (Fsp3) is 0.917. The lowest BCUT2D eigenvalue weighted by molar-refractivity contribution is 0.334. The maximum Gasteiger partial charge on any atom is 0.191 e. The van der Waals surface area contributed by atoms with Crippen LogP contribution in [0.15, 0.2) is 4.99 Å². The first-order chi connectivity index (χ1) is 7.22. The Balaban J connectivity index is 0.00000128. The van der Waals surface area contributed by atoms with Crippen LogP contribution in [-0.4, -0.2) is 25.6 Å². The Morgan fingerprint density at radius 3 is 2.44 bits per heavy atom. The molecular weight excluding hydrogens is 313 g/mol. The van der Waals surface area contributed by atoms with Gasteiger partial charge in [-0.15, -0.1) is 24.0 Å². The summed E-state index contributed by atoms with van der Waals surface area (Å²) in [7, 11) is 1.86. The fourth-order valence-corrected chi connectivity index (χ4v) is 2.32. The highest BCUT2D eigenvalue weighted by Gasteiger charge is 2.29. The maximum absolute atomic E-state index is 4.25. The molecule has 2 aliphatic carbocycles. The molecule has 0 aromatic carbocycles. The van der Waals surface area contributed by atoms with Gasteiger partial charge < -0.3 is 10.6 Å². The number of rotatable bonds is 3. The second kappa shape index (κ2) is 6.07. The molecule has 0 heterocycles. The lowest BCUT2D eigenvalue weighted by Crippen LogP contribution is -2.42. The van der Waals surface area contributed by atoms with Gasteiger partial charge in [0, 0.05) is 19.6 Å². The number of hydrogen-bond donors (Lipinski definition) is 2. The third-order valence-corrected chi connectivity index (χ3v) is 3.64. The van der Waals surface area contributed by atoms with Gasteiger partial charge in [0.15, 0.2) is 5.96 Å². The summed E-state index contributed by atoms with van der Waals surface area (Å²) in [6, 6.07) is 0.688. The lowest BCUT2D eigenvalue weighted by atomic mass is 9.89. The standard InChI is InChI=1S/C12H23N3.HI/c1-12(7-3-4-8-12)9-14-11(13-2)15-10-5-6-10;/h10H,3-9H2,1-2H3,(H2,13,14,15);1H. The van der Waals surface area contributed by atoms with E-state index in [2.05, 4.69) is 22.5 Å². The highest BCUT2D eigenvalue weighted by Crippen LogP contribution is 2.36. The SMILES string of the molecule is CN=C(NCC1(C)CCCC1)NC1CC1.I. The number of guanidine groups is 1. The van der Waals surface area contributed by atoms with Crippen LogP contribution in [0.5, 0.6) is 0 Å². The summed E-state index contributed by atoms with van der Waals surface area (Å²) in [6.45, 7) is 3.46. The highest BCUT2D eigenvalue weighted by atomic mass is 127. The summed E-state index contributed by atoms with van der Waals surface area (Å²) >= 11 is 0. The summed E-state index contributed by atoms with van der Waals surface area (Å²) in [5.41, 5.74) is 0.501. The van der Waals surface area contributed by atoms with Crippen molar-refractivity contribution in [1.29, 1.82) is 0 Å². The van der Waals surface area contributed by atoms with E-state index in [1.54, 1.807) is 0 Å². The largest absolute Gasteiger partial charge is 0.356 e. The Labute approximate surface area is 116 Å². The van der Waals surface area contributed by atoms with Crippen LogP contribution in [0, 0.1) is 5.41 Å². The van der Waals surface area contributed by atoms with Gasteiger partial charge in [0.1, 0.15) is 0 Å². The van der Waals surface area contributed by atoms with Crippen LogP contribution < -0.4 is 10.6 Å². The smallest absolute Gasteiger partial charge is 0.191 e. The van der Waals surface area contributed by atoms with E-state index in [-0.39, 0.29) is 24.0 Å². The second-order valence-electron chi connectivity index (χ2n) is 5.36. The quantitative estimate of drug-likeness (QED) is 0.472. The van der Waals surface area contributed by atoms with Gasteiger partial charge in [-0.3, -0.25) is 4.99 Å². The molecule has 2 N–H and O–H groups in total. The van der Waals surface area contributed by atoms with Gasteiger partial charge in [-0.25, -0.2) is 0 Å². The molecule has 3 nitrogen and oxygen atoms in total. The molecule has 2 saturated carbocycles. The number of nitrogens with one attached hydrogen (secondary N) is 2. The number of hydrogen-bond acceptors (Lipinski definition) is 1. The van der Waals surface area contributed by atoms with Crippen LogP contribution in [-0.2, 0) is 0 Å². The van der Waals surface area contributed by atoms with Crippen molar-refractivity contribution in [1.82, 2.24) is 10.6 Å². The Morgan fingerprint density at radius 1 is 1.31 bits per heavy atom. The van der Waals surface area contributed by atoms with E-state index in [1.807, 2.05) is 7.05 Å². The van der Waals surface area contributed by atoms with Gasteiger partial charge >= 0.3 is 0 Å². The lowest BCUT2D eigenvalue weighted by Gasteiger charge is -2.25. The molecule has 0 unspecified atom stereocenters. The number of aliphatic imine (C=N–C) groups is 1. The molecule has 2 aliphatic rings. The molecule has 2 fully saturated rings. The van der Waals surface area contributed by atoms with Gasteiger partial charge in [0.05, 0.1) is 0 Å². The van der Waals surface area contributed by atoms with Crippen molar-refractivity contribution >= 4 is 29.9 Å². The van der Waals surface area contributed by atoms with Crippen molar-refractivity contribution in [2.75, 3.05) is 13.6 Å². The molecule has 0 saturated heterocycles. The van der Waals surface area contributed by atoms with Crippen LogP contribution in [0.1, 0.15) is 45.4 Å². The molecular formula is C12H24IN3. The van der Waals surface area contributed by atoms with Crippen molar-refractivity contribution in [3.63, 3.8) is 0 Å². The normalized spacial score (nSPS) is 23.8. The molecule has 4 heteroatoms. The first-order valence-electron chi connectivity index (χ1n) is 6.19. The van der Waals surface area contributed by atoms with Gasteiger partial charge in [0.2, 0.25) is 0 Å². The van der Waals surface area contributed by atoms with E-state index >= 15 is 0 Å². The molecule has 0 aromatic rings. The van der Waals surface area contributed by atoms with E-state index in [1.165, 1.54) is 38.5 Å². The first kappa shape index (κ1) is 14.1. The van der Waals surface area contributed by atoms with E-state index < -0.39 is 0 Å². The third-order valence-electron chi connectivity index (χ3n) is 3.64.